The van der Waals surface area contributed by atoms with Crippen LogP contribution in [0.3, 0.4) is 0 Å². The summed E-state index contributed by atoms with van der Waals surface area (Å²) in [5.41, 5.74) is 2.65. The minimum Gasteiger partial charge on any atom is -0.325 e. The molecule has 5 heteroatoms. The van der Waals surface area contributed by atoms with Crippen molar-refractivity contribution in [1.29, 1.82) is 5.26 Å². The first kappa shape index (κ1) is 18.2. The number of amides is 2. The lowest BCUT2D eigenvalue weighted by atomic mass is 9.90. The smallest absolute Gasteiger partial charge is 0.239 e. The molecule has 0 atom stereocenters. The summed E-state index contributed by atoms with van der Waals surface area (Å²) in [5.74, 6) is -0.805. The van der Waals surface area contributed by atoms with E-state index >= 15 is 0 Å². The fourth-order valence-electron chi connectivity index (χ4n) is 2.13. The van der Waals surface area contributed by atoms with Gasteiger partial charge in [-0.15, -0.1) is 0 Å². The number of carbonyl (C=O) groups excluding carboxylic acids is 2. The molecule has 2 aromatic rings. The van der Waals surface area contributed by atoms with E-state index in [2.05, 4.69) is 10.6 Å². The van der Waals surface area contributed by atoms with E-state index in [1.165, 1.54) is 0 Å². The summed E-state index contributed by atoms with van der Waals surface area (Å²) in [6.07, 6.45) is 0. The van der Waals surface area contributed by atoms with Crippen LogP contribution >= 0.6 is 0 Å². The molecule has 0 saturated carbocycles. The number of hydrogen-bond acceptors (Lipinski definition) is 3. The lowest BCUT2D eigenvalue weighted by Crippen LogP contribution is -2.41. The summed E-state index contributed by atoms with van der Waals surface area (Å²) >= 11 is 0. The largest absolute Gasteiger partial charge is 0.325 e. The Morgan fingerprint density at radius 1 is 0.880 bits per heavy atom. The Hall–Kier alpha value is -3.13. The Kier molecular flexibility index (Phi) is 5.23. The molecule has 0 fully saturated rings. The Bertz CT molecular complexity index is 846. The molecule has 5 nitrogen and oxygen atoms in total. The molecule has 0 aliphatic heterocycles. The van der Waals surface area contributed by atoms with E-state index in [1.807, 2.05) is 38.1 Å². The standard InChI is InChI=1S/C20H21N3O2/c1-13-5-8-17(11-14(13)2)23-19(25)20(3,4)18(24)22-16-9-6-15(12-21)7-10-16/h5-11H,1-4H3,(H,22,24)(H,23,25). The maximum absolute atomic E-state index is 12.5. The van der Waals surface area contributed by atoms with E-state index in [0.29, 0.717) is 16.9 Å². The predicted octanol–water partition coefficient (Wildman–Crippen LogP) is 3.78. The minimum atomic E-state index is -1.26. The third-order valence-electron chi connectivity index (χ3n) is 4.17. The lowest BCUT2D eigenvalue weighted by molar-refractivity contribution is -0.135. The second kappa shape index (κ2) is 7.18. The molecule has 2 rings (SSSR count). The molecule has 0 aliphatic rings. The number of anilines is 2. The highest BCUT2D eigenvalue weighted by molar-refractivity contribution is 6.14. The summed E-state index contributed by atoms with van der Waals surface area (Å²) in [6, 6.07) is 14.1. The van der Waals surface area contributed by atoms with Crippen LogP contribution in [0.25, 0.3) is 0 Å². The second-order valence-electron chi connectivity index (χ2n) is 6.52. The fraction of sp³-hybridized carbons (Fsp3) is 0.250. The molecule has 2 N–H and O–H groups in total. The molecule has 25 heavy (non-hydrogen) atoms. The zero-order chi connectivity index (χ0) is 18.6. The summed E-state index contributed by atoms with van der Waals surface area (Å²) < 4.78 is 0. The van der Waals surface area contributed by atoms with E-state index in [-0.39, 0.29) is 5.91 Å². The molecule has 2 amide bonds. The number of nitriles is 1. The fourth-order valence-corrected chi connectivity index (χ4v) is 2.13. The van der Waals surface area contributed by atoms with Gasteiger partial charge >= 0.3 is 0 Å². The predicted molar refractivity (Wildman–Crippen MR) is 98.1 cm³/mol. The van der Waals surface area contributed by atoms with Crippen LogP contribution in [0.2, 0.25) is 0 Å². The van der Waals surface area contributed by atoms with Gasteiger partial charge in [-0.3, -0.25) is 9.59 Å². The van der Waals surface area contributed by atoms with Gasteiger partial charge in [-0.25, -0.2) is 0 Å². The monoisotopic (exact) mass is 335 g/mol. The number of benzene rings is 2. The molecule has 0 radical (unpaired) electrons. The highest BCUT2D eigenvalue weighted by atomic mass is 16.2. The van der Waals surface area contributed by atoms with Gasteiger partial charge in [-0.2, -0.15) is 5.26 Å². The Labute approximate surface area is 147 Å². The first-order valence-electron chi connectivity index (χ1n) is 7.94. The molecule has 0 heterocycles. The van der Waals surface area contributed by atoms with Crippen LogP contribution in [0.5, 0.6) is 0 Å². The van der Waals surface area contributed by atoms with Gasteiger partial charge in [0, 0.05) is 11.4 Å². The normalized spacial score (nSPS) is 10.7. The van der Waals surface area contributed by atoms with Crippen molar-refractivity contribution in [2.24, 2.45) is 5.41 Å². The van der Waals surface area contributed by atoms with Crippen LogP contribution in [-0.4, -0.2) is 11.8 Å². The van der Waals surface area contributed by atoms with Crippen molar-refractivity contribution >= 4 is 23.2 Å². The Morgan fingerprint density at radius 2 is 1.40 bits per heavy atom. The highest BCUT2D eigenvalue weighted by Gasteiger charge is 2.36. The summed E-state index contributed by atoms with van der Waals surface area (Å²) in [7, 11) is 0. The van der Waals surface area contributed by atoms with Gasteiger partial charge in [-0.05, 0) is 75.2 Å². The molecule has 0 saturated heterocycles. The number of aryl methyl sites for hydroxylation is 2. The molecule has 128 valence electrons. The minimum absolute atomic E-state index is 0.387. The highest BCUT2D eigenvalue weighted by Crippen LogP contribution is 2.23. The molecule has 0 bridgehead atoms. The maximum atomic E-state index is 12.5. The number of carbonyl (C=O) groups is 2. The molecule has 0 unspecified atom stereocenters. The lowest BCUT2D eigenvalue weighted by Gasteiger charge is -2.23. The second-order valence-corrected chi connectivity index (χ2v) is 6.52. The van der Waals surface area contributed by atoms with Crippen LogP contribution in [-0.2, 0) is 9.59 Å². The average molecular weight is 335 g/mol. The van der Waals surface area contributed by atoms with E-state index in [4.69, 9.17) is 5.26 Å². The van der Waals surface area contributed by atoms with E-state index < -0.39 is 11.3 Å². The van der Waals surface area contributed by atoms with Gasteiger partial charge in [0.15, 0.2) is 0 Å². The van der Waals surface area contributed by atoms with Gasteiger partial charge < -0.3 is 10.6 Å². The molecule has 0 aromatic heterocycles. The van der Waals surface area contributed by atoms with E-state index in [0.717, 1.165) is 11.1 Å². The van der Waals surface area contributed by atoms with Gasteiger partial charge in [-0.1, -0.05) is 6.07 Å². The summed E-state index contributed by atoms with van der Waals surface area (Å²) in [6.45, 7) is 7.11. The van der Waals surface area contributed by atoms with Crippen molar-refractivity contribution in [3.8, 4) is 6.07 Å². The van der Waals surface area contributed by atoms with Crippen molar-refractivity contribution in [3.63, 3.8) is 0 Å². The number of rotatable bonds is 4. The molecule has 2 aromatic carbocycles. The summed E-state index contributed by atoms with van der Waals surface area (Å²) in [5, 5.41) is 14.3. The first-order chi connectivity index (χ1) is 11.7. The van der Waals surface area contributed by atoms with Gasteiger partial charge in [0.05, 0.1) is 11.6 Å². The van der Waals surface area contributed by atoms with Gasteiger partial charge in [0.25, 0.3) is 0 Å². The van der Waals surface area contributed by atoms with E-state index in [9.17, 15) is 9.59 Å². The SMILES string of the molecule is Cc1ccc(NC(=O)C(C)(C)C(=O)Nc2ccc(C#N)cc2)cc1C. The van der Waals surface area contributed by atoms with Crippen LogP contribution in [0.1, 0.15) is 30.5 Å². The van der Waals surface area contributed by atoms with Crippen molar-refractivity contribution in [1.82, 2.24) is 0 Å². The van der Waals surface area contributed by atoms with Crippen LogP contribution < -0.4 is 10.6 Å². The maximum Gasteiger partial charge on any atom is 0.239 e. The Morgan fingerprint density at radius 3 is 1.92 bits per heavy atom. The van der Waals surface area contributed by atoms with Crippen molar-refractivity contribution in [2.45, 2.75) is 27.7 Å². The van der Waals surface area contributed by atoms with Crippen molar-refractivity contribution in [3.05, 3.63) is 59.2 Å². The van der Waals surface area contributed by atoms with Gasteiger partial charge in [0.2, 0.25) is 11.8 Å². The van der Waals surface area contributed by atoms with E-state index in [1.54, 1.807) is 38.1 Å². The number of hydrogen-bond donors (Lipinski definition) is 2. The van der Waals surface area contributed by atoms with Crippen LogP contribution in [0.15, 0.2) is 42.5 Å². The zero-order valence-corrected chi connectivity index (χ0v) is 14.8. The molecule has 0 aliphatic carbocycles. The molecular formula is C20H21N3O2. The third kappa shape index (κ3) is 4.24. The molecule has 0 spiro atoms. The molecular weight excluding hydrogens is 314 g/mol. The quantitative estimate of drug-likeness (QED) is 0.834. The Balaban J connectivity index is 2.09. The number of nitrogens with zero attached hydrogens (tertiary/aromatic N) is 1. The zero-order valence-electron chi connectivity index (χ0n) is 14.8. The average Bonchev–Trinajstić information content (AvgIpc) is 2.58. The first-order valence-corrected chi connectivity index (χ1v) is 7.94. The topological polar surface area (TPSA) is 82.0 Å². The van der Waals surface area contributed by atoms with Crippen molar-refractivity contribution < 1.29 is 9.59 Å². The third-order valence-corrected chi connectivity index (χ3v) is 4.17. The van der Waals surface area contributed by atoms with Gasteiger partial charge in [0.1, 0.15) is 5.41 Å². The number of nitrogens with one attached hydrogen (secondary N) is 2. The summed E-state index contributed by atoms with van der Waals surface area (Å²) in [4.78, 5) is 25.1. The van der Waals surface area contributed by atoms with Crippen LogP contribution in [0, 0.1) is 30.6 Å². The van der Waals surface area contributed by atoms with Crippen LogP contribution in [0.4, 0.5) is 11.4 Å². The van der Waals surface area contributed by atoms with Crippen molar-refractivity contribution in [2.75, 3.05) is 10.6 Å².